The molecule has 1 aromatic carbocycles. The van der Waals surface area contributed by atoms with Gasteiger partial charge in [0, 0.05) is 5.39 Å². The average Bonchev–Trinajstić information content (AvgIpc) is 3.20. The largest absolute Gasteiger partial charge is 0.477 e. The number of pyridine rings is 1. The van der Waals surface area contributed by atoms with Crippen LogP contribution in [0.1, 0.15) is 66.7 Å². The number of carbonyl (C=O) groups is 1. The topological polar surface area (TPSA) is 50.2 Å². The smallest absolute Gasteiger partial charge is 0.354 e. The number of nitrogens with zero attached hydrogens (tertiary/aromatic N) is 1. The van der Waals surface area contributed by atoms with Crippen LogP contribution in [0, 0.1) is 6.92 Å². The van der Waals surface area contributed by atoms with Gasteiger partial charge in [0.2, 0.25) is 0 Å². The number of carboxylic acids is 1. The summed E-state index contributed by atoms with van der Waals surface area (Å²) in [5.74, 6) is -0.292. The van der Waals surface area contributed by atoms with Gasteiger partial charge in [-0.05, 0) is 59.9 Å². The van der Waals surface area contributed by atoms with Crippen molar-refractivity contribution in [2.45, 2.75) is 51.9 Å². The summed E-state index contributed by atoms with van der Waals surface area (Å²) in [4.78, 5) is 15.7. The second-order valence-corrected chi connectivity index (χ2v) is 7.12. The Bertz CT molecular complexity index is 737. The lowest BCUT2D eigenvalue weighted by Crippen LogP contribution is -2.14. The highest BCUT2D eigenvalue weighted by molar-refractivity contribution is 5.93. The molecule has 1 fully saturated rings. The van der Waals surface area contributed by atoms with Crippen molar-refractivity contribution < 1.29 is 9.90 Å². The van der Waals surface area contributed by atoms with Gasteiger partial charge in [-0.15, -0.1) is 0 Å². The first-order valence-corrected chi connectivity index (χ1v) is 7.46. The Morgan fingerprint density at radius 3 is 2.43 bits per heavy atom. The summed E-state index contributed by atoms with van der Waals surface area (Å²) >= 11 is 0. The monoisotopic (exact) mass is 283 g/mol. The molecule has 21 heavy (non-hydrogen) atoms. The van der Waals surface area contributed by atoms with E-state index >= 15 is 0 Å². The standard InChI is InChI=1S/C18H21NO2/c1-10-7-15(17(20)21)19-16-13(10)8-12(11-5-6-11)9-14(16)18(2,3)4/h7-9,11H,5-6H2,1-4H3,(H,20,21). The van der Waals surface area contributed by atoms with Gasteiger partial charge in [0.1, 0.15) is 5.69 Å². The zero-order chi connectivity index (χ0) is 15.4. The van der Waals surface area contributed by atoms with Gasteiger partial charge in [-0.1, -0.05) is 26.8 Å². The molecule has 0 aliphatic heterocycles. The number of hydrogen-bond donors (Lipinski definition) is 1. The molecular weight excluding hydrogens is 262 g/mol. The summed E-state index contributed by atoms with van der Waals surface area (Å²) in [7, 11) is 0. The van der Waals surface area contributed by atoms with E-state index in [1.165, 1.54) is 18.4 Å². The Balaban J connectivity index is 2.36. The van der Waals surface area contributed by atoms with Crippen molar-refractivity contribution in [1.82, 2.24) is 4.98 Å². The quantitative estimate of drug-likeness (QED) is 0.887. The third-order valence-corrected chi connectivity index (χ3v) is 4.22. The number of aryl methyl sites for hydroxylation is 1. The lowest BCUT2D eigenvalue weighted by Gasteiger charge is -2.23. The van der Waals surface area contributed by atoms with Crippen LogP contribution in [0.2, 0.25) is 0 Å². The molecule has 3 rings (SSSR count). The number of rotatable bonds is 2. The van der Waals surface area contributed by atoms with Crippen LogP contribution in [0.15, 0.2) is 18.2 Å². The van der Waals surface area contributed by atoms with Crippen LogP contribution in [0.25, 0.3) is 10.9 Å². The molecule has 1 aliphatic rings. The number of aromatic nitrogens is 1. The molecule has 0 radical (unpaired) electrons. The Kier molecular flexibility index (Phi) is 3.05. The predicted molar refractivity (Wildman–Crippen MR) is 84.1 cm³/mol. The van der Waals surface area contributed by atoms with E-state index in [-0.39, 0.29) is 11.1 Å². The first kappa shape index (κ1) is 14.1. The maximum absolute atomic E-state index is 11.3. The molecule has 2 aromatic rings. The van der Waals surface area contributed by atoms with E-state index in [0.717, 1.165) is 22.0 Å². The molecule has 0 spiro atoms. The van der Waals surface area contributed by atoms with Crippen molar-refractivity contribution in [2.24, 2.45) is 0 Å². The Morgan fingerprint density at radius 2 is 1.90 bits per heavy atom. The molecule has 3 nitrogen and oxygen atoms in total. The van der Waals surface area contributed by atoms with Crippen molar-refractivity contribution >= 4 is 16.9 Å². The second kappa shape index (κ2) is 4.55. The van der Waals surface area contributed by atoms with Gasteiger partial charge in [0.05, 0.1) is 5.52 Å². The second-order valence-electron chi connectivity index (χ2n) is 7.12. The molecule has 1 heterocycles. The zero-order valence-electron chi connectivity index (χ0n) is 13.0. The SMILES string of the molecule is Cc1cc(C(=O)O)nc2c(C(C)(C)C)cc(C3CC3)cc12. The Hall–Kier alpha value is -1.90. The highest BCUT2D eigenvalue weighted by atomic mass is 16.4. The number of carboxylic acid groups (broad SMARTS) is 1. The summed E-state index contributed by atoms with van der Waals surface area (Å²) in [6.07, 6.45) is 2.52. The molecule has 110 valence electrons. The molecule has 3 heteroatoms. The minimum absolute atomic E-state index is 0.0558. The van der Waals surface area contributed by atoms with Gasteiger partial charge in [0.15, 0.2) is 0 Å². The van der Waals surface area contributed by atoms with E-state index in [9.17, 15) is 9.90 Å². The molecule has 0 bridgehead atoms. The van der Waals surface area contributed by atoms with Gasteiger partial charge in [-0.3, -0.25) is 0 Å². The first-order valence-electron chi connectivity index (χ1n) is 7.46. The number of fused-ring (bicyclic) bond motifs is 1. The number of aromatic carboxylic acids is 1. The van der Waals surface area contributed by atoms with Gasteiger partial charge in [0.25, 0.3) is 0 Å². The maximum Gasteiger partial charge on any atom is 0.354 e. The van der Waals surface area contributed by atoms with Crippen LogP contribution in [0.3, 0.4) is 0 Å². The minimum atomic E-state index is -0.967. The van der Waals surface area contributed by atoms with Crippen LogP contribution in [0.4, 0.5) is 0 Å². The van der Waals surface area contributed by atoms with Crippen molar-refractivity contribution in [3.05, 3.63) is 40.6 Å². The fraction of sp³-hybridized carbons (Fsp3) is 0.444. The molecule has 0 atom stereocenters. The number of hydrogen-bond acceptors (Lipinski definition) is 2. The molecule has 1 aromatic heterocycles. The van der Waals surface area contributed by atoms with E-state index < -0.39 is 5.97 Å². The molecule has 0 amide bonds. The molecule has 0 unspecified atom stereocenters. The van der Waals surface area contributed by atoms with Gasteiger partial charge in [-0.2, -0.15) is 0 Å². The van der Waals surface area contributed by atoms with E-state index in [1.54, 1.807) is 6.07 Å². The third kappa shape index (κ3) is 2.53. The normalized spacial score (nSPS) is 15.4. The first-order chi connectivity index (χ1) is 9.77. The lowest BCUT2D eigenvalue weighted by molar-refractivity contribution is 0.0691. The van der Waals surface area contributed by atoms with Gasteiger partial charge in [-0.25, -0.2) is 9.78 Å². The Morgan fingerprint density at radius 1 is 1.24 bits per heavy atom. The highest BCUT2D eigenvalue weighted by Gasteiger charge is 2.27. The minimum Gasteiger partial charge on any atom is -0.477 e. The fourth-order valence-electron chi connectivity index (χ4n) is 2.85. The van der Waals surface area contributed by atoms with E-state index in [0.29, 0.717) is 5.92 Å². The molecule has 1 saturated carbocycles. The van der Waals surface area contributed by atoms with Crippen LogP contribution in [-0.4, -0.2) is 16.1 Å². The zero-order valence-corrected chi connectivity index (χ0v) is 13.0. The average molecular weight is 283 g/mol. The van der Waals surface area contributed by atoms with Crippen molar-refractivity contribution in [3.63, 3.8) is 0 Å². The number of benzene rings is 1. The summed E-state index contributed by atoms with van der Waals surface area (Å²) in [5.41, 5.74) is 4.42. The van der Waals surface area contributed by atoms with Crippen LogP contribution >= 0.6 is 0 Å². The van der Waals surface area contributed by atoms with Crippen LogP contribution in [-0.2, 0) is 5.41 Å². The summed E-state index contributed by atoms with van der Waals surface area (Å²) in [6, 6.07) is 6.11. The van der Waals surface area contributed by atoms with Gasteiger partial charge < -0.3 is 5.11 Å². The van der Waals surface area contributed by atoms with Crippen LogP contribution < -0.4 is 0 Å². The fourth-order valence-corrected chi connectivity index (χ4v) is 2.85. The molecular formula is C18H21NO2. The maximum atomic E-state index is 11.3. The lowest BCUT2D eigenvalue weighted by atomic mass is 9.83. The van der Waals surface area contributed by atoms with Crippen molar-refractivity contribution in [3.8, 4) is 0 Å². The van der Waals surface area contributed by atoms with Gasteiger partial charge >= 0.3 is 5.97 Å². The molecule has 1 N–H and O–H groups in total. The third-order valence-electron chi connectivity index (χ3n) is 4.22. The van der Waals surface area contributed by atoms with E-state index in [4.69, 9.17) is 0 Å². The van der Waals surface area contributed by atoms with Crippen molar-refractivity contribution in [2.75, 3.05) is 0 Å². The Labute approximate surface area is 125 Å². The molecule has 0 saturated heterocycles. The summed E-state index contributed by atoms with van der Waals surface area (Å²) in [6.45, 7) is 8.44. The van der Waals surface area contributed by atoms with Crippen molar-refractivity contribution in [1.29, 1.82) is 0 Å². The predicted octanol–water partition coefficient (Wildman–Crippen LogP) is 4.42. The molecule has 1 aliphatic carbocycles. The highest BCUT2D eigenvalue weighted by Crippen LogP contribution is 2.43. The summed E-state index contributed by atoms with van der Waals surface area (Å²) < 4.78 is 0. The van der Waals surface area contributed by atoms with E-state index in [1.807, 2.05) is 6.92 Å². The summed E-state index contributed by atoms with van der Waals surface area (Å²) in [5, 5.41) is 10.3. The van der Waals surface area contributed by atoms with Crippen LogP contribution in [0.5, 0.6) is 0 Å². The van der Waals surface area contributed by atoms with E-state index in [2.05, 4.69) is 37.9 Å².